The Labute approximate surface area is 156 Å². The van der Waals surface area contributed by atoms with Crippen LogP contribution in [0.15, 0.2) is 83.5 Å². The van der Waals surface area contributed by atoms with Crippen molar-refractivity contribution in [1.82, 2.24) is 15.3 Å². The molecule has 0 bridgehead atoms. The smallest absolute Gasteiger partial charge is 0.244 e. The molecule has 1 amide bonds. The number of rotatable bonds is 6. The SMILES string of the molecule is O=C(C=Cc1ccco1)N[C@@H](Cc1ccccc1)c1nc2ccccc2[nH]1. The van der Waals surface area contributed by atoms with Gasteiger partial charge in [0.2, 0.25) is 5.91 Å². The lowest BCUT2D eigenvalue weighted by Gasteiger charge is -2.16. The van der Waals surface area contributed by atoms with Crippen LogP contribution in [0.4, 0.5) is 0 Å². The molecule has 2 aromatic carbocycles. The lowest BCUT2D eigenvalue weighted by molar-refractivity contribution is -0.117. The molecule has 0 radical (unpaired) electrons. The van der Waals surface area contributed by atoms with E-state index in [0.29, 0.717) is 12.2 Å². The highest BCUT2D eigenvalue weighted by Gasteiger charge is 2.18. The fourth-order valence-electron chi connectivity index (χ4n) is 2.97. The molecule has 4 rings (SSSR count). The fourth-order valence-corrected chi connectivity index (χ4v) is 2.97. The minimum Gasteiger partial charge on any atom is -0.465 e. The molecule has 5 heteroatoms. The Bertz CT molecular complexity index is 1020. The summed E-state index contributed by atoms with van der Waals surface area (Å²) in [5.41, 5.74) is 2.95. The van der Waals surface area contributed by atoms with Crippen LogP contribution >= 0.6 is 0 Å². The van der Waals surface area contributed by atoms with Gasteiger partial charge >= 0.3 is 0 Å². The number of furan rings is 1. The number of carbonyl (C=O) groups is 1. The molecular weight excluding hydrogens is 338 g/mol. The average Bonchev–Trinajstić information content (AvgIpc) is 3.36. The molecular formula is C22H19N3O2. The van der Waals surface area contributed by atoms with Crippen molar-refractivity contribution in [3.63, 3.8) is 0 Å². The lowest BCUT2D eigenvalue weighted by Crippen LogP contribution is -2.29. The molecule has 0 aliphatic heterocycles. The van der Waals surface area contributed by atoms with Gasteiger partial charge in [-0.1, -0.05) is 42.5 Å². The molecule has 0 unspecified atom stereocenters. The second kappa shape index (κ2) is 7.74. The van der Waals surface area contributed by atoms with Crippen LogP contribution < -0.4 is 5.32 Å². The van der Waals surface area contributed by atoms with Crippen LogP contribution in [0.1, 0.15) is 23.2 Å². The van der Waals surface area contributed by atoms with Crippen molar-refractivity contribution < 1.29 is 9.21 Å². The van der Waals surface area contributed by atoms with Crippen LogP contribution in [0, 0.1) is 0 Å². The molecule has 0 aliphatic carbocycles. The molecule has 1 atom stereocenters. The van der Waals surface area contributed by atoms with Crippen molar-refractivity contribution in [1.29, 1.82) is 0 Å². The Hall–Kier alpha value is -3.60. The molecule has 134 valence electrons. The Morgan fingerprint density at radius 2 is 1.89 bits per heavy atom. The van der Waals surface area contributed by atoms with E-state index in [1.807, 2.05) is 54.6 Å². The Kier molecular flexibility index (Phi) is 4.83. The minimum absolute atomic E-state index is 0.201. The Balaban J connectivity index is 1.58. The van der Waals surface area contributed by atoms with Gasteiger partial charge in [-0.2, -0.15) is 0 Å². The van der Waals surface area contributed by atoms with Gasteiger partial charge in [-0.25, -0.2) is 4.98 Å². The van der Waals surface area contributed by atoms with E-state index in [4.69, 9.17) is 4.42 Å². The number of nitrogens with one attached hydrogen (secondary N) is 2. The van der Waals surface area contributed by atoms with E-state index in [1.54, 1.807) is 24.5 Å². The number of nitrogens with zero attached hydrogens (tertiary/aromatic N) is 1. The van der Waals surface area contributed by atoms with E-state index < -0.39 is 0 Å². The fraction of sp³-hybridized carbons (Fsp3) is 0.0909. The van der Waals surface area contributed by atoms with E-state index in [0.717, 1.165) is 22.4 Å². The quantitative estimate of drug-likeness (QED) is 0.506. The van der Waals surface area contributed by atoms with Crippen molar-refractivity contribution in [3.05, 3.63) is 96.2 Å². The zero-order valence-corrected chi connectivity index (χ0v) is 14.6. The van der Waals surface area contributed by atoms with Gasteiger partial charge in [0.1, 0.15) is 11.6 Å². The van der Waals surface area contributed by atoms with Gasteiger partial charge in [0.05, 0.1) is 23.3 Å². The van der Waals surface area contributed by atoms with Gasteiger partial charge in [-0.15, -0.1) is 0 Å². The Morgan fingerprint density at radius 3 is 2.67 bits per heavy atom. The molecule has 5 nitrogen and oxygen atoms in total. The number of benzene rings is 2. The summed E-state index contributed by atoms with van der Waals surface area (Å²) in [7, 11) is 0. The third-order valence-corrected chi connectivity index (χ3v) is 4.28. The number of fused-ring (bicyclic) bond motifs is 1. The first-order valence-electron chi connectivity index (χ1n) is 8.78. The predicted octanol–water partition coefficient (Wildman–Crippen LogP) is 4.27. The maximum Gasteiger partial charge on any atom is 0.244 e. The molecule has 0 saturated heterocycles. The van der Waals surface area contributed by atoms with Crippen LogP contribution in [0.25, 0.3) is 17.1 Å². The van der Waals surface area contributed by atoms with E-state index in [1.165, 1.54) is 6.08 Å². The third-order valence-electron chi connectivity index (χ3n) is 4.28. The molecule has 2 aromatic heterocycles. The number of para-hydroxylation sites is 2. The van der Waals surface area contributed by atoms with Gasteiger partial charge in [0, 0.05) is 6.08 Å². The summed E-state index contributed by atoms with van der Waals surface area (Å²) >= 11 is 0. The van der Waals surface area contributed by atoms with E-state index in [2.05, 4.69) is 15.3 Å². The van der Waals surface area contributed by atoms with Crippen molar-refractivity contribution in [3.8, 4) is 0 Å². The molecule has 2 N–H and O–H groups in total. The second-order valence-corrected chi connectivity index (χ2v) is 6.24. The number of H-pyrrole nitrogens is 1. The summed E-state index contributed by atoms with van der Waals surface area (Å²) in [6.45, 7) is 0. The van der Waals surface area contributed by atoms with Crippen molar-refractivity contribution in [2.45, 2.75) is 12.5 Å². The first-order valence-corrected chi connectivity index (χ1v) is 8.78. The summed E-state index contributed by atoms with van der Waals surface area (Å²) in [6.07, 6.45) is 5.33. The summed E-state index contributed by atoms with van der Waals surface area (Å²) in [4.78, 5) is 20.4. The molecule has 27 heavy (non-hydrogen) atoms. The number of hydrogen-bond acceptors (Lipinski definition) is 3. The highest BCUT2D eigenvalue weighted by molar-refractivity contribution is 5.91. The number of carbonyl (C=O) groups excluding carboxylic acids is 1. The van der Waals surface area contributed by atoms with Crippen LogP contribution in [0.3, 0.4) is 0 Å². The van der Waals surface area contributed by atoms with E-state index in [9.17, 15) is 4.79 Å². The maximum atomic E-state index is 12.4. The van der Waals surface area contributed by atoms with Gasteiger partial charge in [0.15, 0.2) is 0 Å². The summed E-state index contributed by atoms with van der Waals surface area (Å²) < 4.78 is 5.22. The molecule has 0 spiro atoms. The van der Waals surface area contributed by atoms with Gasteiger partial charge < -0.3 is 14.7 Å². The third kappa shape index (κ3) is 4.15. The monoisotopic (exact) mass is 357 g/mol. The predicted molar refractivity (Wildman–Crippen MR) is 105 cm³/mol. The standard InChI is InChI=1S/C22H19N3O2/c26-21(13-12-17-9-6-14-27-17)23-20(15-16-7-2-1-3-8-16)22-24-18-10-4-5-11-19(18)25-22/h1-14,20H,15H2,(H,23,26)(H,24,25)/t20-/m0/s1. The Morgan fingerprint density at radius 1 is 1.07 bits per heavy atom. The van der Waals surface area contributed by atoms with E-state index in [-0.39, 0.29) is 11.9 Å². The van der Waals surface area contributed by atoms with Gasteiger partial charge in [-0.05, 0) is 42.3 Å². The van der Waals surface area contributed by atoms with Crippen molar-refractivity contribution in [2.24, 2.45) is 0 Å². The summed E-state index contributed by atoms with van der Waals surface area (Å²) in [5, 5.41) is 3.04. The minimum atomic E-state index is -0.270. The highest BCUT2D eigenvalue weighted by Crippen LogP contribution is 2.20. The van der Waals surface area contributed by atoms with Gasteiger partial charge in [0.25, 0.3) is 0 Å². The topological polar surface area (TPSA) is 70.9 Å². The largest absolute Gasteiger partial charge is 0.465 e. The molecule has 0 fully saturated rings. The van der Waals surface area contributed by atoms with E-state index >= 15 is 0 Å². The normalized spacial score (nSPS) is 12.4. The summed E-state index contributed by atoms with van der Waals surface area (Å²) in [6, 6.07) is 21.2. The number of hydrogen-bond donors (Lipinski definition) is 2. The number of amides is 1. The van der Waals surface area contributed by atoms with Crippen LogP contribution in [-0.4, -0.2) is 15.9 Å². The van der Waals surface area contributed by atoms with Crippen molar-refractivity contribution in [2.75, 3.05) is 0 Å². The van der Waals surface area contributed by atoms with Gasteiger partial charge in [-0.3, -0.25) is 4.79 Å². The number of aromatic amines is 1. The zero-order valence-electron chi connectivity index (χ0n) is 14.6. The first kappa shape index (κ1) is 16.8. The first-order chi connectivity index (χ1) is 13.3. The number of imidazole rings is 1. The van der Waals surface area contributed by atoms with Crippen LogP contribution in [0.2, 0.25) is 0 Å². The molecule has 0 aliphatic rings. The molecule has 0 saturated carbocycles. The van der Waals surface area contributed by atoms with Crippen LogP contribution in [-0.2, 0) is 11.2 Å². The highest BCUT2D eigenvalue weighted by atomic mass is 16.3. The zero-order chi connectivity index (χ0) is 18.5. The number of aromatic nitrogens is 2. The molecule has 2 heterocycles. The lowest BCUT2D eigenvalue weighted by atomic mass is 10.1. The summed E-state index contributed by atoms with van der Waals surface area (Å²) in [5.74, 6) is 1.17. The molecule has 4 aromatic rings. The average molecular weight is 357 g/mol. The van der Waals surface area contributed by atoms with Crippen molar-refractivity contribution >= 4 is 23.0 Å². The van der Waals surface area contributed by atoms with Crippen LogP contribution in [0.5, 0.6) is 0 Å². The second-order valence-electron chi connectivity index (χ2n) is 6.24. The maximum absolute atomic E-state index is 12.4.